The highest BCUT2D eigenvalue weighted by Gasteiger charge is 2.15. The van der Waals surface area contributed by atoms with Crippen LogP contribution in [-0.4, -0.2) is 10.5 Å². The first kappa shape index (κ1) is 12.2. The number of halogens is 1. The van der Waals surface area contributed by atoms with Gasteiger partial charge >= 0.3 is 0 Å². The Labute approximate surface area is 112 Å². The summed E-state index contributed by atoms with van der Waals surface area (Å²) < 4.78 is 1.14. The molecular weight excluding hydrogens is 304 g/mol. The SMILES string of the molecule is CC(C)(N)Cc1nc(-c2ccc(Br)s2)cs1. The Morgan fingerprint density at radius 2 is 2.19 bits per heavy atom. The molecule has 2 N–H and O–H groups in total. The minimum Gasteiger partial charge on any atom is -0.325 e. The molecule has 0 unspecified atom stereocenters. The van der Waals surface area contributed by atoms with Crippen molar-refractivity contribution in [1.82, 2.24) is 4.98 Å². The van der Waals surface area contributed by atoms with Gasteiger partial charge in [-0.2, -0.15) is 0 Å². The fraction of sp³-hybridized carbons (Fsp3) is 0.364. The molecule has 0 atom stereocenters. The molecule has 2 heterocycles. The molecule has 0 fully saturated rings. The summed E-state index contributed by atoms with van der Waals surface area (Å²) >= 11 is 6.84. The van der Waals surface area contributed by atoms with Crippen molar-refractivity contribution in [1.29, 1.82) is 0 Å². The summed E-state index contributed by atoms with van der Waals surface area (Å²) in [5.41, 5.74) is 6.85. The van der Waals surface area contributed by atoms with Crippen LogP contribution in [0.3, 0.4) is 0 Å². The van der Waals surface area contributed by atoms with Gasteiger partial charge in [-0.1, -0.05) is 0 Å². The van der Waals surface area contributed by atoms with Crippen molar-refractivity contribution in [2.45, 2.75) is 25.8 Å². The monoisotopic (exact) mass is 316 g/mol. The van der Waals surface area contributed by atoms with E-state index >= 15 is 0 Å². The molecule has 86 valence electrons. The minimum atomic E-state index is -0.189. The minimum absolute atomic E-state index is 0.189. The quantitative estimate of drug-likeness (QED) is 0.932. The van der Waals surface area contributed by atoms with Crippen LogP contribution in [0.15, 0.2) is 21.3 Å². The molecule has 2 aromatic rings. The lowest BCUT2D eigenvalue weighted by Crippen LogP contribution is -2.34. The summed E-state index contributed by atoms with van der Waals surface area (Å²) in [6.07, 6.45) is 0.824. The molecule has 0 aliphatic heterocycles. The zero-order valence-corrected chi connectivity index (χ0v) is 12.4. The molecule has 0 radical (unpaired) electrons. The van der Waals surface area contributed by atoms with Crippen LogP contribution in [0.1, 0.15) is 18.9 Å². The summed E-state index contributed by atoms with van der Waals surface area (Å²) in [7, 11) is 0. The number of nitrogens with two attached hydrogens (primary N) is 1. The number of rotatable bonds is 3. The van der Waals surface area contributed by atoms with Crippen LogP contribution in [0.2, 0.25) is 0 Å². The molecule has 16 heavy (non-hydrogen) atoms. The molecule has 2 nitrogen and oxygen atoms in total. The Hall–Kier alpha value is -0.230. The van der Waals surface area contributed by atoms with E-state index in [-0.39, 0.29) is 5.54 Å². The van der Waals surface area contributed by atoms with Gasteiger partial charge in [-0.3, -0.25) is 0 Å². The van der Waals surface area contributed by atoms with Crippen LogP contribution in [0, 0.1) is 0 Å². The van der Waals surface area contributed by atoms with E-state index in [0.717, 1.165) is 20.9 Å². The van der Waals surface area contributed by atoms with Gasteiger partial charge in [-0.15, -0.1) is 22.7 Å². The first-order valence-electron chi connectivity index (χ1n) is 4.93. The Balaban J connectivity index is 2.20. The van der Waals surface area contributed by atoms with Crippen LogP contribution in [-0.2, 0) is 6.42 Å². The van der Waals surface area contributed by atoms with Gasteiger partial charge in [0.1, 0.15) is 0 Å². The Morgan fingerprint density at radius 1 is 1.44 bits per heavy atom. The summed E-state index contributed by atoms with van der Waals surface area (Å²) in [6.45, 7) is 4.05. The Morgan fingerprint density at radius 3 is 2.75 bits per heavy atom. The van der Waals surface area contributed by atoms with E-state index in [1.807, 2.05) is 19.9 Å². The number of thiophene rings is 1. The topological polar surface area (TPSA) is 38.9 Å². The van der Waals surface area contributed by atoms with E-state index in [1.165, 1.54) is 4.88 Å². The maximum absolute atomic E-state index is 5.98. The number of aromatic nitrogens is 1. The second-order valence-electron chi connectivity index (χ2n) is 4.40. The van der Waals surface area contributed by atoms with Gasteiger partial charge in [0.2, 0.25) is 0 Å². The van der Waals surface area contributed by atoms with E-state index in [0.29, 0.717) is 0 Å². The average Bonchev–Trinajstić information content (AvgIpc) is 2.71. The van der Waals surface area contributed by atoms with Gasteiger partial charge in [0, 0.05) is 17.3 Å². The van der Waals surface area contributed by atoms with Crippen molar-refractivity contribution >= 4 is 38.6 Å². The highest BCUT2D eigenvalue weighted by Crippen LogP contribution is 2.32. The maximum Gasteiger partial charge on any atom is 0.0951 e. The number of hydrogen-bond acceptors (Lipinski definition) is 4. The number of hydrogen-bond donors (Lipinski definition) is 1. The smallest absolute Gasteiger partial charge is 0.0951 e. The van der Waals surface area contributed by atoms with Crippen molar-refractivity contribution in [2.24, 2.45) is 5.73 Å². The molecule has 5 heteroatoms. The molecule has 0 aromatic carbocycles. The van der Waals surface area contributed by atoms with E-state index in [4.69, 9.17) is 5.73 Å². The van der Waals surface area contributed by atoms with Gasteiger partial charge in [-0.25, -0.2) is 4.98 Å². The second kappa shape index (κ2) is 4.56. The predicted octanol–water partition coefficient (Wildman–Crippen LogP) is 3.91. The second-order valence-corrected chi connectivity index (χ2v) is 7.80. The van der Waals surface area contributed by atoms with Crippen LogP contribution in [0.25, 0.3) is 10.6 Å². The van der Waals surface area contributed by atoms with Crippen LogP contribution >= 0.6 is 38.6 Å². The molecule has 0 amide bonds. The van der Waals surface area contributed by atoms with E-state index in [9.17, 15) is 0 Å². The van der Waals surface area contributed by atoms with Crippen LogP contribution in [0.5, 0.6) is 0 Å². The number of thiazole rings is 1. The fourth-order valence-corrected chi connectivity index (χ4v) is 3.80. The summed E-state index contributed by atoms with van der Waals surface area (Å²) in [4.78, 5) is 5.81. The standard InChI is InChI=1S/C11H13BrN2S2/c1-11(2,13)5-10-14-7(6-15-10)8-3-4-9(12)16-8/h3-4,6H,5,13H2,1-2H3. The summed E-state index contributed by atoms with van der Waals surface area (Å²) in [6, 6.07) is 4.13. The zero-order chi connectivity index (χ0) is 11.8. The molecule has 2 rings (SSSR count). The number of nitrogens with zero attached hydrogens (tertiary/aromatic N) is 1. The summed E-state index contributed by atoms with van der Waals surface area (Å²) in [5, 5.41) is 3.20. The first-order chi connectivity index (χ1) is 7.44. The van der Waals surface area contributed by atoms with Crippen molar-refractivity contribution in [3.8, 4) is 10.6 Å². The predicted molar refractivity (Wildman–Crippen MR) is 75.1 cm³/mol. The van der Waals surface area contributed by atoms with Crippen molar-refractivity contribution in [2.75, 3.05) is 0 Å². The lowest BCUT2D eigenvalue weighted by molar-refractivity contribution is 0.515. The van der Waals surface area contributed by atoms with Crippen molar-refractivity contribution < 1.29 is 0 Å². The first-order valence-corrected chi connectivity index (χ1v) is 7.42. The molecular formula is C11H13BrN2S2. The van der Waals surface area contributed by atoms with Gasteiger partial charge in [0.15, 0.2) is 0 Å². The van der Waals surface area contributed by atoms with Crippen LogP contribution < -0.4 is 5.73 Å². The third-order valence-corrected chi connectivity index (χ3v) is 4.48. The Kier molecular flexibility index (Phi) is 3.49. The van der Waals surface area contributed by atoms with Gasteiger partial charge in [-0.05, 0) is 41.9 Å². The van der Waals surface area contributed by atoms with Crippen molar-refractivity contribution in [3.63, 3.8) is 0 Å². The molecule has 0 bridgehead atoms. The van der Waals surface area contributed by atoms with E-state index < -0.39 is 0 Å². The molecule has 0 saturated heterocycles. The molecule has 2 aromatic heterocycles. The Bertz CT molecular complexity index is 482. The highest BCUT2D eigenvalue weighted by atomic mass is 79.9. The summed E-state index contributed by atoms with van der Waals surface area (Å²) in [5.74, 6) is 0. The lowest BCUT2D eigenvalue weighted by Gasteiger charge is -2.15. The van der Waals surface area contributed by atoms with Gasteiger partial charge < -0.3 is 5.73 Å². The largest absolute Gasteiger partial charge is 0.325 e. The highest BCUT2D eigenvalue weighted by molar-refractivity contribution is 9.11. The van der Waals surface area contributed by atoms with Crippen molar-refractivity contribution in [3.05, 3.63) is 26.3 Å². The molecule has 0 aliphatic carbocycles. The lowest BCUT2D eigenvalue weighted by atomic mass is 10.0. The average molecular weight is 317 g/mol. The van der Waals surface area contributed by atoms with E-state index in [1.54, 1.807) is 22.7 Å². The zero-order valence-electron chi connectivity index (χ0n) is 9.16. The normalized spacial score (nSPS) is 12.0. The third-order valence-electron chi connectivity index (χ3n) is 1.98. The van der Waals surface area contributed by atoms with E-state index in [2.05, 4.69) is 32.4 Å². The van der Waals surface area contributed by atoms with Gasteiger partial charge in [0.05, 0.1) is 19.4 Å². The third kappa shape index (κ3) is 3.13. The molecule has 0 saturated carbocycles. The molecule has 0 spiro atoms. The van der Waals surface area contributed by atoms with Crippen LogP contribution in [0.4, 0.5) is 0 Å². The van der Waals surface area contributed by atoms with Gasteiger partial charge in [0.25, 0.3) is 0 Å². The molecule has 0 aliphatic rings. The fourth-order valence-electron chi connectivity index (χ4n) is 1.35. The maximum atomic E-state index is 5.98.